The lowest BCUT2D eigenvalue weighted by atomic mass is 10.1. The number of benzene rings is 1. The highest BCUT2D eigenvalue weighted by molar-refractivity contribution is 9.10. The van der Waals surface area contributed by atoms with Crippen molar-refractivity contribution in [1.82, 2.24) is 5.32 Å². The Morgan fingerprint density at radius 3 is 2.75 bits per heavy atom. The van der Waals surface area contributed by atoms with Gasteiger partial charge in [0.25, 0.3) is 0 Å². The van der Waals surface area contributed by atoms with Gasteiger partial charge in [0.1, 0.15) is 5.75 Å². The van der Waals surface area contributed by atoms with Crippen LogP contribution in [0.15, 0.2) is 22.7 Å². The van der Waals surface area contributed by atoms with Crippen LogP contribution in [0.1, 0.15) is 19.4 Å². The summed E-state index contributed by atoms with van der Waals surface area (Å²) >= 11 is 3.45. The Morgan fingerprint density at radius 1 is 1.44 bits per heavy atom. The summed E-state index contributed by atoms with van der Waals surface area (Å²) < 4.78 is 6.12. The molecule has 0 radical (unpaired) electrons. The van der Waals surface area contributed by atoms with E-state index in [-0.39, 0.29) is 11.3 Å². The summed E-state index contributed by atoms with van der Waals surface area (Å²) in [6, 6.07) is 5.25. The van der Waals surface area contributed by atoms with Crippen LogP contribution in [-0.4, -0.2) is 24.4 Å². The molecule has 0 aromatic heterocycles. The van der Waals surface area contributed by atoms with Crippen LogP contribution in [0.4, 0.5) is 0 Å². The fourth-order valence-electron chi connectivity index (χ4n) is 1.44. The molecule has 0 amide bonds. The van der Waals surface area contributed by atoms with Crippen molar-refractivity contribution in [2.24, 2.45) is 0 Å². The van der Waals surface area contributed by atoms with Gasteiger partial charge in [-0.25, -0.2) is 0 Å². The molecule has 0 bridgehead atoms. The fraction of sp³-hybridized carbons (Fsp3) is 0.500. The number of ether oxygens (including phenoxy) is 1. The number of halogens is 1. The van der Waals surface area contributed by atoms with Gasteiger partial charge in [-0.2, -0.15) is 0 Å². The minimum atomic E-state index is -0.0837. The molecule has 0 atom stereocenters. The molecule has 1 aromatic carbocycles. The van der Waals surface area contributed by atoms with Crippen molar-refractivity contribution in [3.05, 3.63) is 28.2 Å². The Hall–Kier alpha value is -0.580. The fourth-order valence-corrected chi connectivity index (χ4v) is 1.83. The predicted molar refractivity (Wildman–Crippen MR) is 68.6 cm³/mol. The van der Waals surface area contributed by atoms with E-state index in [2.05, 4.69) is 35.1 Å². The molecule has 1 aromatic rings. The van der Waals surface area contributed by atoms with Crippen LogP contribution in [0.3, 0.4) is 0 Å². The van der Waals surface area contributed by atoms with E-state index in [1.807, 2.05) is 6.07 Å². The molecule has 0 aliphatic carbocycles. The highest BCUT2D eigenvalue weighted by Crippen LogP contribution is 2.22. The Kier molecular flexibility index (Phi) is 4.77. The van der Waals surface area contributed by atoms with Gasteiger partial charge in [-0.05, 0) is 37.6 Å². The van der Waals surface area contributed by atoms with E-state index in [1.165, 1.54) is 0 Å². The largest absolute Gasteiger partial charge is 0.508 e. The summed E-state index contributed by atoms with van der Waals surface area (Å²) in [4.78, 5) is 0. The SMILES string of the molecule is COCC(C)(C)NCc1cc(O)ccc1Br. The molecule has 0 unspecified atom stereocenters. The maximum absolute atomic E-state index is 9.40. The van der Waals surface area contributed by atoms with Crippen molar-refractivity contribution in [2.75, 3.05) is 13.7 Å². The molecule has 90 valence electrons. The summed E-state index contributed by atoms with van der Waals surface area (Å²) in [7, 11) is 1.69. The van der Waals surface area contributed by atoms with Gasteiger partial charge in [0.2, 0.25) is 0 Å². The first-order chi connectivity index (χ1) is 7.44. The first-order valence-electron chi connectivity index (χ1n) is 5.16. The smallest absolute Gasteiger partial charge is 0.115 e. The Morgan fingerprint density at radius 2 is 2.12 bits per heavy atom. The number of phenolic OH excluding ortho intramolecular Hbond substituents is 1. The van der Waals surface area contributed by atoms with Gasteiger partial charge in [-0.15, -0.1) is 0 Å². The second kappa shape index (κ2) is 5.66. The van der Waals surface area contributed by atoms with Crippen LogP contribution < -0.4 is 5.32 Å². The molecule has 0 saturated heterocycles. The minimum Gasteiger partial charge on any atom is -0.508 e. The molecule has 16 heavy (non-hydrogen) atoms. The van der Waals surface area contributed by atoms with Crippen LogP contribution >= 0.6 is 15.9 Å². The van der Waals surface area contributed by atoms with E-state index in [0.717, 1.165) is 10.0 Å². The molecule has 0 heterocycles. The Bertz CT molecular complexity index is 353. The van der Waals surface area contributed by atoms with Crippen molar-refractivity contribution in [1.29, 1.82) is 0 Å². The van der Waals surface area contributed by atoms with E-state index in [9.17, 15) is 5.11 Å². The van der Waals surface area contributed by atoms with Crippen LogP contribution in [0, 0.1) is 0 Å². The molecule has 0 aliphatic rings. The summed E-state index contributed by atoms with van der Waals surface area (Å²) in [5.41, 5.74) is 0.948. The third-order valence-corrected chi connectivity index (χ3v) is 3.07. The van der Waals surface area contributed by atoms with E-state index < -0.39 is 0 Å². The quantitative estimate of drug-likeness (QED) is 0.875. The van der Waals surface area contributed by atoms with Crippen molar-refractivity contribution < 1.29 is 9.84 Å². The van der Waals surface area contributed by atoms with E-state index in [0.29, 0.717) is 13.2 Å². The molecule has 3 nitrogen and oxygen atoms in total. The van der Waals surface area contributed by atoms with Crippen molar-refractivity contribution in [3.8, 4) is 5.75 Å². The van der Waals surface area contributed by atoms with Gasteiger partial charge in [0.15, 0.2) is 0 Å². The summed E-state index contributed by atoms with van der Waals surface area (Å²) in [5.74, 6) is 0.282. The number of nitrogens with one attached hydrogen (secondary N) is 1. The van der Waals surface area contributed by atoms with Gasteiger partial charge < -0.3 is 15.2 Å². The van der Waals surface area contributed by atoms with Crippen LogP contribution in [0.25, 0.3) is 0 Å². The molecule has 4 heteroatoms. The highest BCUT2D eigenvalue weighted by Gasteiger charge is 2.16. The second-order valence-electron chi connectivity index (χ2n) is 4.45. The standard InChI is InChI=1S/C12H18BrNO2/c1-12(2,8-16-3)14-7-9-6-10(15)4-5-11(9)13/h4-6,14-15H,7-8H2,1-3H3. The molecule has 0 fully saturated rings. The molecule has 1 rings (SSSR count). The molecule has 0 aliphatic heterocycles. The molecular formula is C12H18BrNO2. The highest BCUT2D eigenvalue weighted by atomic mass is 79.9. The average molecular weight is 288 g/mol. The lowest BCUT2D eigenvalue weighted by molar-refractivity contribution is 0.127. The van der Waals surface area contributed by atoms with Gasteiger partial charge in [0.05, 0.1) is 6.61 Å². The number of phenols is 1. The minimum absolute atomic E-state index is 0.0837. The third-order valence-electron chi connectivity index (χ3n) is 2.29. The van der Waals surface area contributed by atoms with Gasteiger partial charge >= 0.3 is 0 Å². The number of hydrogen-bond acceptors (Lipinski definition) is 3. The van der Waals surface area contributed by atoms with E-state index in [4.69, 9.17) is 4.74 Å². The first-order valence-corrected chi connectivity index (χ1v) is 5.95. The zero-order valence-electron chi connectivity index (χ0n) is 9.88. The second-order valence-corrected chi connectivity index (χ2v) is 5.30. The van der Waals surface area contributed by atoms with Crippen molar-refractivity contribution in [2.45, 2.75) is 25.9 Å². The van der Waals surface area contributed by atoms with Crippen LogP contribution in [0.5, 0.6) is 5.75 Å². The van der Waals surface area contributed by atoms with Crippen molar-refractivity contribution >= 4 is 15.9 Å². The molecular weight excluding hydrogens is 270 g/mol. The summed E-state index contributed by atoms with van der Waals surface area (Å²) in [6.07, 6.45) is 0. The normalized spacial score (nSPS) is 11.8. The monoisotopic (exact) mass is 287 g/mol. The molecule has 0 spiro atoms. The number of rotatable bonds is 5. The van der Waals surface area contributed by atoms with Gasteiger partial charge in [-0.1, -0.05) is 15.9 Å². The Labute approximate surface area is 105 Å². The summed E-state index contributed by atoms with van der Waals surface area (Å²) in [6.45, 7) is 5.48. The van der Waals surface area contributed by atoms with Gasteiger partial charge in [-0.3, -0.25) is 0 Å². The lowest BCUT2D eigenvalue weighted by Crippen LogP contribution is -2.42. The predicted octanol–water partition coefficient (Wildman–Crippen LogP) is 2.67. The number of methoxy groups -OCH3 is 1. The zero-order chi connectivity index (χ0) is 12.2. The summed E-state index contributed by atoms with van der Waals surface area (Å²) in [5, 5.41) is 12.8. The topological polar surface area (TPSA) is 41.5 Å². The van der Waals surface area contributed by atoms with Crippen molar-refractivity contribution in [3.63, 3.8) is 0 Å². The lowest BCUT2D eigenvalue weighted by Gasteiger charge is -2.25. The van der Waals surface area contributed by atoms with E-state index >= 15 is 0 Å². The number of hydrogen-bond donors (Lipinski definition) is 2. The Balaban J connectivity index is 2.63. The van der Waals surface area contributed by atoms with E-state index in [1.54, 1.807) is 19.2 Å². The zero-order valence-corrected chi connectivity index (χ0v) is 11.5. The first kappa shape index (κ1) is 13.5. The maximum atomic E-state index is 9.40. The van der Waals surface area contributed by atoms with Crippen LogP contribution in [0.2, 0.25) is 0 Å². The average Bonchev–Trinajstić information content (AvgIpc) is 2.19. The maximum Gasteiger partial charge on any atom is 0.115 e. The molecule has 0 saturated carbocycles. The number of aromatic hydroxyl groups is 1. The third kappa shape index (κ3) is 4.12. The molecule has 2 N–H and O–H groups in total. The van der Waals surface area contributed by atoms with Gasteiger partial charge in [0, 0.05) is 23.7 Å². The van der Waals surface area contributed by atoms with Crippen LogP contribution in [-0.2, 0) is 11.3 Å².